The van der Waals surface area contributed by atoms with Crippen molar-refractivity contribution in [2.45, 2.75) is 38.1 Å². The molecule has 0 amide bonds. The lowest BCUT2D eigenvalue weighted by molar-refractivity contribution is -0.140. The Balaban J connectivity index is 1.36. The second-order valence-corrected chi connectivity index (χ2v) is 7.45. The van der Waals surface area contributed by atoms with E-state index >= 15 is 0 Å². The van der Waals surface area contributed by atoms with E-state index in [2.05, 4.69) is 0 Å². The quantitative estimate of drug-likeness (QED) is 0.380. The summed E-state index contributed by atoms with van der Waals surface area (Å²) in [6.07, 6.45) is 3.49. The SMILES string of the molecule is CC1=C[C@H](C[C@]2(C)O[C@@H]2COc2c3occc3cc3ccc(=O)oc23)OC1=O. The Kier molecular flexibility index (Phi) is 3.64. The third kappa shape index (κ3) is 2.79. The average Bonchev–Trinajstić information content (AvgIpc) is 2.94. The van der Waals surface area contributed by atoms with E-state index in [-0.39, 0.29) is 24.8 Å². The first-order valence-corrected chi connectivity index (χ1v) is 9.07. The number of carbonyl (C=O) groups is 1. The lowest BCUT2D eigenvalue weighted by Crippen LogP contribution is -2.22. The van der Waals surface area contributed by atoms with E-state index in [1.807, 2.05) is 25.1 Å². The number of cyclic esters (lactones) is 1. The molecule has 7 heteroatoms. The molecule has 2 aromatic heterocycles. The third-order valence-corrected chi connectivity index (χ3v) is 5.32. The van der Waals surface area contributed by atoms with Crippen LogP contribution in [0.3, 0.4) is 0 Å². The second-order valence-electron chi connectivity index (χ2n) is 7.45. The van der Waals surface area contributed by atoms with Crippen LogP contribution in [0.5, 0.6) is 5.75 Å². The van der Waals surface area contributed by atoms with Gasteiger partial charge in [-0.15, -0.1) is 0 Å². The van der Waals surface area contributed by atoms with Gasteiger partial charge >= 0.3 is 11.6 Å². The zero-order chi connectivity index (χ0) is 19.5. The molecule has 0 spiro atoms. The summed E-state index contributed by atoms with van der Waals surface area (Å²) in [7, 11) is 0. The molecule has 0 unspecified atom stereocenters. The van der Waals surface area contributed by atoms with Gasteiger partial charge in [-0.3, -0.25) is 0 Å². The van der Waals surface area contributed by atoms with E-state index in [0.717, 1.165) is 10.8 Å². The van der Waals surface area contributed by atoms with E-state index in [1.165, 1.54) is 6.07 Å². The van der Waals surface area contributed by atoms with Crippen molar-refractivity contribution in [3.63, 3.8) is 0 Å². The number of carbonyl (C=O) groups excluding carboxylic acids is 1. The van der Waals surface area contributed by atoms with E-state index < -0.39 is 11.2 Å². The first-order valence-electron chi connectivity index (χ1n) is 9.07. The predicted molar refractivity (Wildman–Crippen MR) is 99.3 cm³/mol. The van der Waals surface area contributed by atoms with Gasteiger partial charge in [0.25, 0.3) is 0 Å². The number of rotatable bonds is 5. The fraction of sp³-hybridized carbons (Fsp3) is 0.333. The molecule has 5 rings (SSSR count). The van der Waals surface area contributed by atoms with Crippen LogP contribution < -0.4 is 10.4 Å². The standard InChI is InChI=1S/C21H18O7/c1-11-7-14(26-20(11)23)9-21(2)15(28-21)10-25-19-17-13(5-6-24-17)8-12-3-4-16(22)27-18(12)19/h3-8,14-15H,9-10H2,1-2H3/t14-,15-,21+/m1/s1. The molecule has 0 N–H and O–H groups in total. The molecule has 3 atom stereocenters. The Morgan fingerprint density at radius 2 is 1.96 bits per heavy atom. The van der Waals surface area contributed by atoms with Crippen molar-refractivity contribution in [2.75, 3.05) is 6.61 Å². The molecule has 0 aliphatic carbocycles. The maximum absolute atomic E-state index is 11.7. The highest BCUT2D eigenvalue weighted by atomic mass is 16.6. The number of hydrogen-bond acceptors (Lipinski definition) is 7. The molecular weight excluding hydrogens is 364 g/mol. The molecule has 1 aromatic carbocycles. The minimum atomic E-state index is -0.457. The monoisotopic (exact) mass is 382 g/mol. The maximum Gasteiger partial charge on any atom is 0.336 e. The summed E-state index contributed by atoms with van der Waals surface area (Å²) < 4.78 is 28.0. The molecule has 3 aromatic rings. The van der Waals surface area contributed by atoms with Crippen LogP contribution in [0.15, 0.2) is 55.8 Å². The Hall–Kier alpha value is -3.06. The lowest BCUT2D eigenvalue weighted by Gasteiger charge is -2.12. The first-order chi connectivity index (χ1) is 13.4. The van der Waals surface area contributed by atoms with Gasteiger partial charge in [-0.2, -0.15) is 0 Å². The van der Waals surface area contributed by atoms with Crippen LogP contribution in [0, 0.1) is 0 Å². The zero-order valence-electron chi connectivity index (χ0n) is 15.4. The summed E-state index contributed by atoms with van der Waals surface area (Å²) in [4.78, 5) is 23.2. The topological polar surface area (TPSA) is 91.4 Å². The van der Waals surface area contributed by atoms with Gasteiger partial charge in [0, 0.05) is 28.8 Å². The third-order valence-electron chi connectivity index (χ3n) is 5.32. The van der Waals surface area contributed by atoms with Crippen molar-refractivity contribution in [3.8, 4) is 5.75 Å². The lowest BCUT2D eigenvalue weighted by atomic mass is 9.99. The van der Waals surface area contributed by atoms with Gasteiger partial charge in [-0.1, -0.05) is 0 Å². The molecule has 2 aliphatic rings. The maximum atomic E-state index is 11.7. The Labute approximate surface area is 159 Å². The van der Waals surface area contributed by atoms with Crippen molar-refractivity contribution < 1.29 is 27.8 Å². The number of epoxide rings is 1. The van der Waals surface area contributed by atoms with E-state index in [0.29, 0.717) is 28.9 Å². The minimum absolute atomic E-state index is 0.170. The van der Waals surface area contributed by atoms with E-state index in [4.69, 9.17) is 23.0 Å². The summed E-state index contributed by atoms with van der Waals surface area (Å²) in [6.45, 7) is 3.96. The molecule has 28 heavy (non-hydrogen) atoms. The Morgan fingerprint density at radius 3 is 2.75 bits per heavy atom. The predicted octanol–water partition coefficient (Wildman–Crippen LogP) is 3.34. The number of ether oxygens (including phenoxy) is 3. The van der Waals surface area contributed by atoms with Crippen LogP contribution in [-0.4, -0.2) is 30.4 Å². The molecule has 1 fully saturated rings. The number of esters is 1. The fourth-order valence-electron chi connectivity index (χ4n) is 3.69. The van der Waals surface area contributed by atoms with Gasteiger partial charge in [0.05, 0.1) is 11.9 Å². The van der Waals surface area contributed by atoms with Gasteiger partial charge in [0.15, 0.2) is 11.2 Å². The van der Waals surface area contributed by atoms with Crippen LogP contribution in [0.2, 0.25) is 0 Å². The molecule has 7 nitrogen and oxygen atoms in total. The van der Waals surface area contributed by atoms with Gasteiger partial charge in [0.2, 0.25) is 5.75 Å². The fourth-order valence-corrected chi connectivity index (χ4v) is 3.69. The van der Waals surface area contributed by atoms with Gasteiger partial charge < -0.3 is 23.0 Å². The van der Waals surface area contributed by atoms with Crippen molar-refractivity contribution in [3.05, 3.63) is 52.6 Å². The first kappa shape index (κ1) is 17.1. The van der Waals surface area contributed by atoms with E-state index in [9.17, 15) is 9.59 Å². The average molecular weight is 382 g/mol. The van der Waals surface area contributed by atoms with Crippen molar-refractivity contribution in [1.29, 1.82) is 0 Å². The molecule has 144 valence electrons. The Bertz CT molecular complexity index is 1180. The summed E-state index contributed by atoms with van der Waals surface area (Å²) in [6, 6.07) is 6.78. The summed E-state index contributed by atoms with van der Waals surface area (Å²) in [5.41, 5.74) is 0.585. The van der Waals surface area contributed by atoms with Crippen molar-refractivity contribution >= 4 is 27.9 Å². The Morgan fingerprint density at radius 1 is 1.14 bits per heavy atom. The van der Waals surface area contributed by atoms with Crippen LogP contribution in [0.25, 0.3) is 21.9 Å². The number of hydrogen-bond donors (Lipinski definition) is 0. The van der Waals surface area contributed by atoms with Gasteiger partial charge in [-0.25, -0.2) is 9.59 Å². The minimum Gasteiger partial charge on any atom is -0.483 e. The van der Waals surface area contributed by atoms with Crippen molar-refractivity contribution in [1.82, 2.24) is 0 Å². The number of benzene rings is 1. The number of furan rings is 1. The smallest absolute Gasteiger partial charge is 0.336 e. The molecule has 0 bridgehead atoms. The largest absolute Gasteiger partial charge is 0.483 e. The molecule has 2 aliphatic heterocycles. The molecular formula is C21H18O7. The highest BCUT2D eigenvalue weighted by Gasteiger charge is 2.54. The van der Waals surface area contributed by atoms with Gasteiger partial charge in [-0.05, 0) is 38.1 Å². The van der Waals surface area contributed by atoms with Crippen LogP contribution in [-0.2, 0) is 14.3 Å². The van der Waals surface area contributed by atoms with Crippen LogP contribution >= 0.6 is 0 Å². The highest BCUT2D eigenvalue weighted by molar-refractivity contribution is 5.99. The molecule has 4 heterocycles. The normalized spacial score (nSPS) is 26.5. The summed E-state index contributed by atoms with van der Waals surface area (Å²) >= 11 is 0. The highest BCUT2D eigenvalue weighted by Crippen LogP contribution is 2.43. The van der Waals surface area contributed by atoms with Gasteiger partial charge in [0.1, 0.15) is 18.8 Å². The molecule has 0 radical (unpaired) electrons. The van der Waals surface area contributed by atoms with E-state index in [1.54, 1.807) is 19.3 Å². The molecule has 0 saturated carbocycles. The second kappa shape index (κ2) is 5.97. The number of fused-ring (bicyclic) bond motifs is 2. The molecule has 1 saturated heterocycles. The van der Waals surface area contributed by atoms with Crippen LogP contribution in [0.1, 0.15) is 20.3 Å². The zero-order valence-corrected chi connectivity index (χ0v) is 15.4. The summed E-state index contributed by atoms with van der Waals surface area (Å²) in [5, 5.41) is 1.61. The summed E-state index contributed by atoms with van der Waals surface area (Å²) in [5.74, 6) is 0.101. The van der Waals surface area contributed by atoms with Crippen LogP contribution in [0.4, 0.5) is 0 Å². The van der Waals surface area contributed by atoms with Crippen molar-refractivity contribution in [2.24, 2.45) is 0 Å².